The molecule has 0 aromatic heterocycles. The topological polar surface area (TPSA) is 34.1 Å². The number of hydrogen-bond acceptors (Lipinski definition) is 2. The van der Waals surface area contributed by atoms with Gasteiger partial charge in [0.1, 0.15) is 0 Å². The predicted octanol–water partition coefficient (Wildman–Crippen LogP) is 2.35. The fraction of sp³-hybridized carbons (Fsp3) is 0.111. The molecule has 0 bridgehead atoms. The van der Waals surface area contributed by atoms with Gasteiger partial charge in [0.25, 0.3) is 0 Å². The van der Waals surface area contributed by atoms with Gasteiger partial charge in [0.2, 0.25) is 9.84 Å². The van der Waals surface area contributed by atoms with Crippen molar-refractivity contribution in [3.8, 4) is 11.2 Å². The van der Waals surface area contributed by atoms with Crippen molar-refractivity contribution < 1.29 is 8.42 Å². The summed E-state index contributed by atoms with van der Waals surface area (Å²) in [5, 5.41) is 2.95. The molecule has 0 saturated carbocycles. The maximum absolute atomic E-state index is 10.7. The van der Waals surface area contributed by atoms with Crippen molar-refractivity contribution in [2.24, 2.45) is 0 Å². The van der Waals surface area contributed by atoms with Crippen molar-refractivity contribution in [3.05, 3.63) is 33.8 Å². The van der Waals surface area contributed by atoms with E-state index in [1.165, 1.54) is 0 Å². The van der Waals surface area contributed by atoms with E-state index in [2.05, 4.69) is 11.2 Å². The standard InChI is InChI=1S/C9H6Cl2O2S/c1-14(12,13)3-2-7-4-8(10)6-9(11)5-7/h4-6H,1H3. The quantitative estimate of drug-likeness (QED) is 0.661. The lowest BCUT2D eigenvalue weighted by atomic mass is 10.2. The molecule has 0 unspecified atom stereocenters. The molecule has 1 rings (SSSR count). The fourth-order valence-electron chi connectivity index (χ4n) is 0.778. The Hall–Kier alpha value is -0.690. The van der Waals surface area contributed by atoms with E-state index in [9.17, 15) is 8.42 Å². The van der Waals surface area contributed by atoms with Gasteiger partial charge in [0.15, 0.2) is 0 Å². The molecule has 1 aromatic carbocycles. The molecular weight excluding hydrogens is 243 g/mol. The highest BCUT2D eigenvalue weighted by atomic mass is 35.5. The van der Waals surface area contributed by atoms with Crippen molar-refractivity contribution in [2.45, 2.75) is 0 Å². The van der Waals surface area contributed by atoms with E-state index >= 15 is 0 Å². The molecule has 74 valence electrons. The Morgan fingerprint density at radius 1 is 1.14 bits per heavy atom. The Kier molecular flexibility index (Phi) is 3.43. The maximum atomic E-state index is 10.7. The largest absolute Gasteiger partial charge is 0.216 e. The summed E-state index contributed by atoms with van der Waals surface area (Å²) >= 11 is 11.4. The van der Waals surface area contributed by atoms with E-state index in [0.29, 0.717) is 15.6 Å². The van der Waals surface area contributed by atoms with Crippen LogP contribution in [0.5, 0.6) is 0 Å². The summed E-state index contributed by atoms with van der Waals surface area (Å²) in [4.78, 5) is 0. The smallest absolute Gasteiger partial charge is 0.214 e. The molecule has 0 amide bonds. The highest BCUT2D eigenvalue weighted by Gasteiger charge is 1.96. The number of hydrogen-bond donors (Lipinski definition) is 0. The zero-order chi connectivity index (χ0) is 10.8. The molecule has 0 fully saturated rings. The van der Waals surface area contributed by atoms with Gasteiger partial charge in [-0.1, -0.05) is 23.2 Å². The average Bonchev–Trinajstić information content (AvgIpc) is 1.97. The molecule has 0 heterocycles. The Bertz CT molecular complexity index is 489. The van der Waals surface area contributed by atoms with E-state index in [1.54, 1.807) is 18.2 Å². The van der Waals surface area contributed by atoms with Crippen LogP contribution in [0.1, 0.15) is 5.56 Å². The van der Waals surface area contributed by atoms with Crippen LogP contribution in [-0.4, -0.2) is 14.7 Å². The second-order valence-corrected chi connectivity index (χ2v) is 5.28. The van der Waals surface area contributed by atoms with Crippen LogP contribution in [0.25, 0.3) is 0 Å². The van der Waals surface area contributed by atoms with Crippen molar-refractivity contribution in [2.75, 3.05) is 6.26 Å². The van der Waals surface area contributed by atoms with Gasteiger partial charge in [0, 0.05) is 20.9 Å². The number of benzene rings is 1. The normalized spacial score (nSPS) is 10.5. The predicted molar refractivity (Wildman–Crippen MR) is 58.2 cm³/mol. The molecule has 0 aliphatic heterocycles. The van der Waals surface area contributed by atoms with Crippen LogP contribution in [0, 0.1) is 11.2 Å². The summed E-state index contributed by atoms with van der Waals surface area (Å²) in [6, 6.07) is 4.64. The monoisotopic (exact) mass is 248 g/mol. The summed E-state index contributed by atoms with van der Waals surface area (Å²) < 4.78 is 21.5. The Balaban J connectivity index is 3.14. The van der Waals surface area contributed by atoms with Crippen LogP contribution < -0.4 is 0 Å². The Morgan fingerprint density at radius 2 is 1.64 bits per heavy atom. The third kappa shape index (κ3) is 4.01. The van der Waals surface area contributed by atoms with Crippen LogP contribution in [0.2, 0.25) is 10.0 Å². The van der Waals surface area contributed by atoms with Gasteiger partial charge in [-0.3, -0.25) is 0 Å². The second kappa shape index (κ2) is 4.22. The molecule has 0 aliphatic rings. The molecule has 0 aliphatic carbocycles. The second-order valence-electron chi connectivity index (χ2n) is 2.66. The molecule has 5 heteroatoms. The minimum atomic E-state index is -3.30. The number of halogens is 2. The van der Waals surface area contributed by atoms with Crippen molar-refractivity contribution in [1.29, 1.82) is 0 Å². The molecule has 14 heavy (non-hydrogen) atoms. The molecule has 0 saturated heterocycles. The van der Waals surface area contributed by atoms with E-state index in [4.69, 9.17) is 23.2 Å². The first-order valence-corrected chi connectivity index (χ1v) is 6.20. The molecule has 2 nitrogen and oxygen atoms in total. The average molecular weight is 249 g/mol. The van der Waals surface area contributed by atoms with Crippen LogP contribution in [0.4, 0.5) is 0 Å². The molecular formula is C9H6Cl2O2S. The van der Waals surface area contributed by atoms with Crippen LogP contribution in [0.15, 0.2) is 18.2 Å². The lowest BCUT2D eigenvalue weighted by Gasteiger charge is -1.93. The zero-order valence-electron chi connectivity index (χ0n) is 7.21. The lowest BCUT2D eigenvalue weighted by Crippen LogP contribution is -1.89. The van der Waals surface area contributed by atoms with Crippen molar-refractivity contribution in [1.82, 2.24) is 0 Å². The van der Waals surface area contributed by atoms with Crippen LogP contribution in [0.3, 0.4) is 0 Å². The minimum absolute atomic E-state index is 0.426. The number of sulfone groups is 1. The lowest BCUT2D eigenvalue weighted by molar-refractivity contribution is 0.611. The van der Waals surface area contributed by atoms with Gasteiger partial charge in [-0.2, -0.15) is 0 Å². The Labute approximate surface area is 92.8 Å². The summed E-state index contributed by atoms with van der Waals surface area (Å²) in [6.45, 7) is 0. The highest BCUT2D eigenvalue weighted by Crippen LogP contribution is 2.18. The first kappa shape index (κ1) is 11.4. The van der Waals surface area contributed by atoms with Crippen LogP contribution in [-0.2, 0) is 9.84 Å². The molecule has 0 atom stereocenters. The zero-order valence-corrected chi connectivity index (χ0v) is 9.54. The highest BCUT2D eigenvalue weighted by molar-refractivity contribution is 7.95. The van der Waals surface area contributed by atoms with Gasteiger partial charge in [-0.25, -0.2) is 8.42 Å². The van der Waals surface area contributed by atoms with Crippen molar-refractivity contribution in [3.63, 3.8) is 0 Å². The van der Waals surface area contributed by atoms with Gasteiger partial charge >= 0.3 is 0 Å². The van der Waals surface area contributed by atoms with Crippen LogP contribution >= 0.6 is 23.2 Å². The van der Waals surface area contributed by atoms with Gasteiger partial charge in [-0.15, -0.1) is 0 Å². The summed E-state index contributed by atoms with van der Waals surface area (Å²) in [7, 11) is -3.30. The van der Waals surface area contributed by atoms with Gasteiger partial charge < -0.3 is 0 Å². The molecule has 0 radical (unpaired) electrons. The van der Waals surface area contributed by atoms with E-state index in [1.807, 2.05) is 0 Å². The minimum Gasteiger partial charge on any atom is -0.216 e. The fourth-order valence-corrected chi connectivity index (χ4v) is 1.61. The Morgan fingerprint density at radius 3 is 2.07 bits per heavy atom. The molecule has 0 spiro atoms. The van der Waals surface area contributed by atoms with Gasteiger partial charge in [-0.05, 0) is 24.1 Å². The molecule has 0 N–H and O–H groups in total. The third-order valence-electron chi connectivity index (χ3n) is 1.24. The molecule has 1 aromatic rings. The SMILES string of the molecule is CS(=O)(=O)C#Cc1cc(Cl)cc(Cl)c1. The van der Waals surface area contributed by atoms with E-state index < -0.39 is 9.84 Å². The number of rotatable bonds is 0. The summed E-state index contributed by atoms with van der Waals surface area (Å²) in [6.07, 6.45) is 1.03. The third-order valence-corrected chi connectivity index (χ3v) is 2.15. The van der Waals surface area contributed by atoms with E-state index in [0.717, 1.165) is 6.26 Å². The summed E-state index contributed by atoms with van der Waals surface area (Å²) in [5.74, 6) is 2.46. The maximum Gasteiger partial charge on any atom is 0.214 e. The first-order chi connectivity index (χ1) is 6.37. The van der Waals surface area contributed by atoms with Gasteiger partial charge in [0.05, 0.1) is 6.26 Å². The summed E-state index contributed by atoms with van der Waals surface area (Å²) in [5.41, 5.74) is 0.480. The first-order valence-electron chi connectivity index (χ1n) is 3.56. The van der Waals surface area contributed by atoms with Crippen molar-refractivity contribution >= 4 is 33.0 Å². The van der Waals surface area contributed by atoms with E-state index in [-0.39, 0.29) is 0 Å².